The zero-order valence-corrected chi connectivity index (χ0v) is 32.0. The van der Waals surface area contributed by atoms with E-state index in [1.54, 1.807) is 0 Å². The molecule has 11 heteroatoms. The van der Waals surface area contributed by atoms with Crippen LogP contribution in [-0.2, 0) is 24.8 Å². The van der Waals surface area contributed by atoms with Crippen molar-refractivity contribution in [3.8, 4) is 16.9 Å². The minimum atomic E-state index is -0.344. The second-order valence-electron chi connectivity index (χ2n) is 14.3. The van der Waals surface area contributed by atoms with Gasteiger partial charge in [0.05, 0.1) is 40.6 Å². The molecule has 0 N–H and O–H groups in total. The van der Waals surface area contributed by atoms with E-state index in [4.69, 9.17) is 37.8 Å². The largest absolute Gasteiger partial charge is 0.494 e. The van der Waals surface area contributed by atoms with Crippen molar-refractivity contribution in [2.45, 2.75) is 67.0 Å². The molecule has 1 amide bonds. The van der Waals surface area contributed by atoms with Gasteiger partial charge < -0.3 is 23.5 Å². The zero-order chi connectivity index (χ0) is 36.7. The topological polar surface area (TPSA) is 83.5 Å². The summed E-state index contributed by atoms with van der Waals surface area (Å²) in [5, 5.41) is 8.00. The Morgan fingerprint density at radius 1 is 0.962 bits per heavy atom. The lowest BCUT2D eigenvalue weighted by Gasteiger charge is -2.35. The molecule has 1 atom stereocenters. The number of carbonyl (C=O) groups excluding carboxylic acids is 2. The summed E-state index contributed by atoms with van der Waals surface area (Å²) in [5.74, 6) is 0.346. The number of anilines is 1. The number of cyclic esters (lactones) is 1. The molecule has 0 radical (unpaired) electrons. The standard InChI is InChI=1S/C41H41Cl2N5O4/c1-21-15-27-19-33-41(50)52-14-12-46(33)37(27)32(16-21)47-20-24(4)48-38-30(10-11-31(42)35(38)34-25(5)44-45(7)26(34)6)29(39(48)40(47)49)9-8-13-51-28-17-22(2)36(43)23(3)18-28/h10-11,15-19,24H,8-9,12-14,20H2,1-7H3/t24-/m1/s1. The number of aromatic nitrogens is 4. The number of nitrogens with zero attached hydrogens (tertiary/aromatic N) is 5. The molecule has 2 aliphatic rings. The number of halogens is 2. The molecule has 0 bridgehead atoms. The molecule has 0 aliphatic carbocycles. The van der Waals surface area contributed by atoms with Crippen molar-refractivity contribution in [1.29, 1.82) is 0 Å². The fraction of sp³-hybridized carbons (Fsp3) is 0.341. The van der Waals surface area contributed by atoms with Gasteiger partial charge in [-0.3, -0.25) is 9.48 Å². The van der Waals surface area contributed by atoms with Crippen LogP contribution in [0.15, 0.2) is 42.5 Å². The smallest absolute Gasteiger partial charge is 0.355 e. The molecule has 3 aromatic heterocycles. The first kappa shape index (κ1) is 34.4. The lowest BCUT2D eigenvalue weighted by Crippen LogP contribution is -2.43. The SMILES string of the molecule is Cc1cc(N2C[C@@H](C)n3c(c(CCCOc4cc(C)c(Cl)c(C)c4)c4ccc(Cl)c(-c5c(C)nn(C)c5C)c43)C2=O)c2c(c1)cc1n2CCOC1=O. The second kappa shape index (κ2) is 12.7. The summed E-state index contributed by atoms with van der Waals surface area (Å²) in [4.78, 5) is 29.9. The molecule has 3 aromatic carbocycles. The van der Waals surface area contributed by atoms with E-state index in [-0.39, 0.29) is 17.9 Å². The Labute approximate surface area is 312 Å². The van der Waals surface area contributed by atoms with E-state index in [0.717, 1.165) is 83.0 Å². The van der Waals surface area contributed by atoms with Crippen molar-refractivity contribution in [3.05, 3.63) is 97.5 Å². The Kier molecular flexibility index (Phi) is 8.42. The maximum atomic E-state index is 15.2. The molecular formula is C41H41Cl2N5O4. The highest BCUT2D eigenvalue weighted by Gasteiger charge is 2.38. The summed E-state index contributed by atoms with van der Waals surface area (Å²) in [5.41, 5.74) is 11.4. The summed E-state index contributed by atoms with van der Waals surface area (Å²) >= 11 is 13.5. The number of rotatable bonds is 7. The highest BCUT2D eigenvalue weighted by Crippen LogP contribution is 2.46. The first-order valence-corrected chi connectivity index (χ1v) is 18.5. The third-order valence-electron chi connectivity index (χ3n) is 10.7. The molecular weight excluding hydrogens is 697 g/mol. The predicted molar refractivity (Wildman–Crippen MR) is 207 cm³/mol. The average molecular weight is 739 g/mol. The predicted octanol–water partition coefficient (Wildman–Crippen LogP) is 9.25. The van der Waals surface area contributed by atoms with Crippen LogP contribution in [-0.4, -0.2) is 50.5 Å². The lowest BCUT2D eigenvalue weighted by atomic mass is 9.98. The van der Waals surface area contributed by atoms with Crippen molar-refractivity contribution < 1.29 is 19.1 Å². The van der Waals surface area contributed by atoms with E-state index in [2.05, 4.69) is 36.6 Å². The molecule has 268 valence electrons. The van der Waals surface area contributed by atoms with E-state index in [0.29, 0.717) is 55.6 Å². The number of amides is 1. The maximum absolute atomic E-state index is 15.2. The third-order valence-corrected chi connectivity index (χ3v) is 11.6. The van der Waals surface area contributed by atoms with E-state index < -0.39 is 0 Å². The summed E-state index contributed by atoms with van der Waals surface area (Å²) in [7, 11) is 1.94. The molecule has 0 fully saturated rings. The fourth-order valence-electron chi connectivity index (χ4n) is 8.38. The van der Waals surface area contributed by atoms with Gasteiger partial charge >= 0.3 is 5.97 Å². The minimum absolute atomic E-state index is 0.0864. The Morgan fingerprint density at radius 3 is 2.42 bits per heavy atom. The van der Waals surface area contributed by atoms with Crippen LogP contribution in [0.25, 0.3) is 32.9 Å². The van der Waals surface area contributed by atoms with Crippen LogP contribution in [0.1, 0.15) is 74.0 Å². The van der Waals surface area contributed by atoms with E-state index in [1.807, 2.05) is 73.2 Å². The molecule has 0 saturated carbocycles. The van der Waals surface area contributed by atoms with Gasteiger partial charge in [-0.1, -0.05) is 29.3 Å². The van der Waals surface area contributed by atoms with E-state index in [9.17, 15) is 4.79 Å². The number of hydrogen-bond acceptors (Lipinski definition) is 5. The number of hydrogen-bond donors (Lipinski definition) is 0. The number of benzene rings is 3. The summed E-state index contributed by atoms with van der Waals surface area (Å²) in [6.07, 6.45) is 1.29. The Bertz CT molecular complexity index is 2470. The normalized spacial score (nSPS) is 15.8. The summed E-state index contributed by atoms with van der Waals surface area (Å²) < 4.78 is 17.7. The zero-order valence-electron chi connectivity index (χ0n) is 30.5. The molecule has 52 heavy (non-hydrogen) atoms. The molecule has 5 heterocycles. The van der Waals surface area contributed by atoms with Crippen molar-refractivity contribution in [3.63, 3.8) is 0 Å². The van der Waals surface area contributed by atoms with Crippen LogP contribution in [0.4, 0.5) is 5.69 Å². The van der Waals surface area contributed by atoms with Crippen LogP contribution in [0.5, 0.6) is 5.75 Å². The van der Waals surface area contributed by atoms with Crippen LogP contribution >= 0.6 is 23.2 Å². The van der Waals surface area contributed by atoms with Gasteiger partial charge in [0.15, 0.2) is 0 Å². The Hall–Kier alpha value is -4.73. The van der Waals surface area contributed by atoms with Gasteiger partial charge in [0, 0.05) is 52.3 Å². The van der Waals surface area contributed by atoms with Gasteiger partial charge in [-0.05, 0) is 113 Å². The monoisotopic (exact) mass is 737 g/mol. The van der Waals surface area contributed by atoms with Gasteiger partial charge in [0.2, 0.25) is 0 Å². The van der Waals surface area contributed by atoms with Crippen LogP contribution in [0.2, 0.25) is 10.0 Å². The number of aryl methyl sites for hydroxylation is 6. The van der Waals surface area contributed by atoms with Gasteiger partial charge in [-0.15, -0.1) is 0 Å². The summed E-state index contributed by atoms with van der Waals surface area (Å²) in [6, 6.07) is 13.8. The van der Waals surface area contributed by atoms with Crippen molar-refractivity contribution in [2.24, 2.45) is 7.05 Å². The van der Waals surface area contributed by atoms with Crippen LogP contribution in [0.3, 0.4) is 0 Å². The van der Waals surface area contributed by atoms with Crippen molar-refractivity contribution >= 4 is 62.6 Å². The maximum Gasteiger partial charge on any atom is 0.355 e. The van der Waals surface area contributed by atoms with E-state index in [1.165, 1.54) is 0 Å². The van der Waals surface area contributed by atoms with Crippen molar-refractivity contribution in [2.75, 3.05) is 24.7 Å². The van der Waals surface area contributed by atoms with Gasteiger partial charge in [-0.25, -0.2) is 4.79 Å². The number of carbonyl (C=O) groups is 2. The first-order valence-electron chi connectivity index (χ1n) is 17.7. The number of esters is 1. The van der Waals surface area contributed by atoms with Gasteiger partial charge in [0.1, 0.15) is 23.7 Å². The fourth-order valence-corrected chi connectivity index (χ4v) is 8.74. The number of ether oxygens (including phenoxy) is 2. The van der Waals surface area contributed by atoms with Gasteiger partial charge in [0.25, 0.3) is 5.91 Å². The average Bonchev–Trinajstić information content (AvgIpc) is 3.72. The van der Waals surface area contributed by atoms with E-state index >= 15 is 4.79 Å². The molecule has 0 saturated heterocycles. The Balaban J connectivity index is 1.29. The molecule has 0 unspecified atom stereocenters. The molecule has 0 spiro atoms. The first-order chi connectivity index (χ1) is 24.8. The quantitative estimate of drug-likeness (QED) is 0.121. The van der Waals surface area contributed by atoms with Crippen LogP contribution < -0.4 is 9.64 Å². The summed E-state index contributed by atoms with van der Waals surface area (Å²) in [6.45, 7) is 13.9. The highest BCUT2D eigenvalue weighted by molar-refractivity contribution is 6.35. The minimum Gasteiger partial charge on any atom is -0.494 e. The molecule has 6 aromatic rings. The molecule has 9 nitrogen and oxygen atoms in total. The van der Waals surface area contributed by atoms with Crippen molar-refractivity contribution in [1.82, 2.24) is 18.9 Å². The van der Waals surface area contributed by atoms with Crippen LogP contribution in [0, 0.1) is 34.6 Å². The Morgan fingerprint density at radius 2 is 1.71 bits per heavy atom. The molecule has 8 rings (SSSR count). The highest BCUT2D eigenvalue weighted by atomic mass is 35.5. The number of fused-ring (bicyclic) bond motifs is 6. The second-order valence-corrected chi connectivity index (χ2v) is 15.1. The molecule has 2 aliphatic heterocycles. The lowest BCUT2D eigenvalue weighted by molar-refractivity contribution is 0.0426. The third kappa shape index (κ3) is 5.31. The van der Waals surface area contributed by atoms with Gasteiger partial charge in [-0.2, -0.15) is 5.10 Å².